The van der Waals surface area contributed by atoms with E-state index in [9.17, 15) is 4.79 Å². The van der Waals surface area contributed by atoms with Crippen LogP contribution in [0.2, 0.25) is 0 Å². The van der Waals surface area contributed by atoms with Gasteiger partial charge in [0.1, 0.15) is 12.4 Å². The molecule has 0 N–H and O–H groups in total. The third-order valence-corrected chi connectivity index (χ3v) is 6.40. The molecule has 3 aromatic carbocycles. The lowest BCUT2D eigenvalue weighted by molar-refractivity contribution is -0.117. The molecule has 0 spiro atoms. The van der Waals surface area contributed by atoms with Crippen molar-refractivity contribution in [1.29, 1.82) is 0 Å². The van der Waals surface area contributed by atoms with Crippen molar-refractivity contribution in [3.63, 3.8) is 0 Å². The number of nitrogens with zero attached hydrogens (tertiary/aromatic N) is 3. The van der Waals surface area contributed by atoms with E-state index >= 15 is 0 Å². The molecular weight excluding hydrogens is 434 g/mol. The highest BCUT2D eigenvalue weighted by molar-refractivity contribution is 7.98. The fraction of sp³-hybridized carbons (Fsp3) is 0.192. The van der Waals surface area contributed by atoms with Gasteiger partial charge in [0, 0.05) is 29.1 Å². The lowest BCUT2D eigenvalue weighted by Crippen LogP contribution is -2.24. The van der Waals surface area contributed by atoms with E-state index in [1.54, 1.807) is 16.7 Å². The number of aromatic nitrogens is 2. The number of carbonyl (C=O) groups excluding carboxylic acids is 1. The fourth-order valence-electron chi connectivity index (χ4n) is 3.84. The van der Waals surface area contributed by atoms with Gasteiger partial charge >= 0.3 is 0 Å². The molecule has 0 aliphatic carbocycles. The molecule has 1 amide bonds. The van der Waals surface area contributed by atoms with E-state index in [1.165, 1.54) is 4.90 Å². The van der Waals surface area contributed by atoms with Crippen molar-refractivity contribution in [2.45, 2.75) is 23.8 Å². The maximum Gasteiger partial charge on any atom is 0.232 e. The van der Waals surface area contributed by atoms with Gasteiger partial charge in [-0.2, -0.15) is 4.98 Å². The normalized spacial score (nSPS) is 15.7. The Balaban J connectivity index is 1.24. The lowest BCUT2D eigenvalue weighted by Gasteiger charge is -2.16. The first-order chi connectivity index (χ1) is 16.2. The molecular formula is C26H23N3O3S. The van der Waals surface area contributed by atoms with Crippen LogP contribution in [-0.4, -0.2) is 28.8 Å². The van der Waals surface area contributed by atoms with E-state index in [1.807, 2.05) is 85.1 Å². The van der Waals surface area contributed by atoms with Gasteiger partial charge in [0.05, 0.1) is 5.92 Å². The van der Waals surface area contributed by atoms with Crippen LogP contribution >= 0.6 is 11.8 Å². The van der Waals surface area contributed by atoms with E-state index < -0.39 is 0 Å². The van der Waals surface area contributed by atoms with Gasteiger partial charge in [-0.1, -0.05) is 35.5 Å². The Morgan fingerprint density at radius 2 is 1.79 bits per heavy atom. The van der Waals surface area contributed by atoms with E-state index in [-0.39, 0.29) is 11.8 Å². The molecule has 1 fully saturated rings. The highest BCUT2D eigenvalue weighted by atomic mass is 32.2. The Bertz CT molecular complexity index is 1220. The maximum atomic E-state index is 12.6. The van der Waals surface area contributed by atoms with Gasteiger partial charge in [0.25, 0.3) is 0 Å². The Morgan fingerprint density at radius 1 is 1.03 bits per heavy atom. The Hall–Kier alpha value is -3.58. The molecule has 1 aliphatic heterocycles. The SMILES string of the molecule is CSc1ccc(N2CC(c3nc(-c4ccc(OCc5ccccc5)cc4)no3)CC2=O)cc1. The zero-order valence-corrected chi connectivity index (χ0v) is 19.0. The monoisotopic (exact) mass is 457 g/mol. The minimum atomic E-state index is -0.118. The van der Waals surface area contributed by atoms with Crippen LogP contribution in [0.15, 0.2) is 88.3 Å². The van der Waals surface area contributed by atoms with Crippen LogP contribution in [0, 0.1) is 0 Å². The molecule has 33 heavy (non-hydrogen) atoms. The van der Waals surface area contributed by atoms with Crippen molar-refractivity contribution in [2.75, 3.05) is 17.7 Å². The standard InChI is InChI=1S/C26H23N3O3S/c1-33-23-13-9-21(10-14-23)29-16-20(15-24(29)30)26-27-25(28-32-26)19-7-11-22(12-8-19)31-17-18-5-3-2-4-6-18/h2-14,20H,15-17H2,1H3. The largest absolute Gasteiger partial charge is 0.489 e. The summed E-state index contributed by atoms with van der Waals surface area (Å²) in [7, 11) is 0. The molecule has 1 unspecified atom stereocenters. The Kier molecular flexibility index (Phi) is 6.13. The molecule has 7 heteroatoms. The first-order valence-electron chi connectivity index (χ1n) is 10.7. The van der Waals surface area contributed by atoms with Crippen LogP contribution in [-0.2, 0) is 11.4 Å². The van der Waals surface area contributed by atoms with E-state index in [4.69, 9.17) is 9.26 Å². The van der Waals surface area contributed by atoms with Crippen molar-refractivity contribution in [3.05, 3.63) is 90.3 Å². The summed E-state index contributed by atoms with van der Waals surface area (Å²) in [5.41, 5.74) is 2.85. The van der Waals surface area contributed by atoms with Gasteiger partial charge in [-0.15, -0.1) is 11.8 Å². The maximum absolute atomic E-state index is 12.6. The predicted octanol–water partition coefficient (Wildman–Crippen LogP) is 5.56. The van der Waals surface area contributed by atoms with Gasteiger partial charge in [0.15, 0.2) is 0 Å². The molecule has 2 heterocycles. The second-order valence-corrected chi connectivity index (χ2v) is 8.74. The molecule has 6 nitrogen and oxygen atoms in total. The number of carbonyl (C=O) groups is 1. The molecule has 1 saturated heterocycles. The summed E-state index contributed by atoms with van der Waals surface area (Å²) in [5.74, 6) is 1.72. The second kappa shape index (κ2) is 9.50. The summed E-state index contributed by atoms with van der Waals surface area (Å²) < 4.78 is 11.4. The molecule has 0 bridgehead atoms. The van der Waals surface area contributed by atoms with Crippen LogP contribution in [0.3, 0.4) is 0 Å². The molecule has 1 atom stereocenters. The third-order valence-electron chi connectivity index (χ3n) is 5.66. The topological polar surface area (TPSA) is 68.5 Å². The highest BCUT2D eigenvalue weighted by Crippen LogP contribution is 2.33. The molecule has 0 radical (unpaired) electrons. The smallest absolute Gasteiger partial charge is 0.232 e. The molecule has 1 aliphatic rings. The zero-order chi connectivity index (χ0) is 22.6. The number of hydrogen-bond donors (Lipinski definition) is 0. The summed E-state index contributed by atoms with van der Waals surface area (Å²) >= 11 is 1.68. The molecule has 0 saturated carbocycles. The van der Waals surface area contributed by atoms with Crippen molar-refractivity contribution >= 4 is 23.4 Å². The second-order valence-electron chi connectivity index (χ2n) is 7.86. The van der Waals surface area contributed by atoms with Gasteiger partial charge < -0.3 is 14.2 Å². The van der Waals surface area contributed by atoms with Gasteiger partial charge in [-0.25, -0.2) is 0 Å². The minimum Gasteiger partial charge on any atom is -0.489 e. The average Bonchev–Trinajstić information content (AvgIpc) is 3.51. The predicted molar refractivity (Wildman–Crippen MR) is 128 cm³/mol. The minimum absolute atomic E-state index is 0.0663. The number of thioether (sulfide) groups is 1. The quantitative estimate of drug-likeness (QED) is 0.339. The number of ether oxygens (including phenoxy) is 1. The van der Waals surface area contributed by atoms with E-state index in [0.29, 0.717) is 31.3 Å². The number of amides is 1. The van der Waals surface area contributed by atoms with Gasteiger partial charge in [-0.3, -0.25) is 4.79 Å². The Morgan fingerprint density at radius 3 is 2.52 bits per heavy atom. The van der Waals surface area contributed by atoms with Crippen molar-refractivity contribution < 1.29 is 14.1 Å². The van der Waals surface area contributed by atoms with E-state index in [0.717, 1.165) is 22.6 Å². The number of benzene rings is 3. The summed E-state index contributed by atoms with van der Waals surface area (Å²) in [5, 5.41) is 4.14. The zero-order valence-electron chi connectivity index (χ0n) is 18.2. The van der Waals surface area contributed by atoms with Crippen LogP contribution in [0.5, 0.6) is 5.75 Å². The molecule has 5 rings (SSSR count). The number of anilines is 1. The summed E-state index contributed by atoms with van der Waals surface area (Å²) in [4.78, 5) is 20.1. The van der Waals surface area contributed by atoms with Crippen LogP contribution in [0.1, 0.15) is 23.8 Å². The molecule has 4 aromatic rings. The molecule has 1 aromatic heterocycles. The highest BCUT2D eigenvalue weighted by Gasteiger charge is 2.35. The average molecular weight is 458 g/mol. The number of rotatable bonds is 7. The molecule has 166 valence electrons. The Labute approximate surface area is 196 Å². The van der Waals surface area contributed by atoms with Crippen LogP contribution < -0.4 is 9.64 Å². The summed E-state index contributed by atoms with van der Waals surface area (Å²) in [6.45, 7) is 1.05. The summed E-state index contributed by atoms with van der Waals surface area (Å²) in [6.07, 6.45) is 2.39. The van der Waals surface area contributed by atoms with Crippen LogP contribution in [0.4, 0.5) is 5.69 Å². The number of hydrogen-bond acceptors (Lipinski definition) is 6. The first-order valence-corrected chi connectivity index (χ1v) is 12.0. The van der Waals surface area contributed by atoms with Crippen molar-refractivity contribution in [1.82, 2.24) is 10.1 Å². The van der Waals surface area contributed by atoms with Crippen molar-refractivity contribution in [2.24, 2.45) is 0 Å². The first kappa shape index (κ1) is 21.3. The summed E-state index contributed by atoms with van der Waals surface area (Å²) in [6, 6.07) is 25.7. The van der Waals surface area contributed by atoms with E-state index in [2.05, 4.69) is 10.1 Å². The fourth-order valence-corrected chi connectivity index (χ4v) is 4.25. The van der Waals surface area contributed by atoms with Gasteiger partial charge in [0.2, 0.25) is 17.6 Å². The van der Waals surface area contributed by atoms with Crippen LogP contribution in [0.25, 0.3) is 11.4 Å². The van der Waals surface area contributed by atoms with Crippen molar-refractivity contribution in [3.8, 4) is 17.1 Å². The van der Waals surface area contributed by atoms with Gasteiger partial charge in [-0.05, 0) is 60.4 Å². The lowest BCUT2D eigenvalue weighted by atomic mass is 10.1. The third kappa shape index (κ3) is 4.78.